The minimum Gasteiger partial charge on any atom is -0.505 e. The average molecular weight is 221 g/mol. The highest BCUT2D eigenvalue weighted by Gasteiger charge is 2.23. The van der Waals surface area contributed by atoms with Crippen LogP contribution in [0.4, 0.5) is 0 Å². The zero-order chi connectivity index (χ0) is 11.5. The number of nitrogens with zero attached hydrogens (tertiary/aromatic N) is 2. The Balaban J connectivity index is 2.16. The van der Waals surface area contributed by atoms with Crippen LogP contribution in [0, 0.1) is 0 Å². The van der Waals surface area contributed by atoms with Crippen molar-refractivity contribution in [3.05, 3.63) is 24.0 Å². The number of amides is 1. The molecule has 1 saturated heterocycles. The lowest BCUT2D eigenvalue weighted by Gasteiger charge is -2.30. The molecule has 0 spiro atoms. The van der Waals surface area contributed by atoms with Gasteiger partial charge in [-0.1, -0.05) is 0 Å². The number of likely N-dealkylation sites (tertiary alicyclic amines) is 1. The molecule has 2 rings (SSSR count). The van der Waals surface area contributed by atoms with Crippen LogP contribution in [0.15, 0.2) is 18.5 Å². The molecule has 1 aromatic heterocycles. The summed E-state index contributed by atoms with van der Waals surface area (Å²) in [6.45, 7) is 1.26. The van der Waals surface area contributed by atoms with E-state index in [4.69, 9.17) is 5.73 Å². The van der Waals surface area contributed by atoms with E-state index in [0.717, 1.165) is 12.8 Å². The van der Waals surface area contributed by atoms with E-state index >= 15 is 0 Å². The summed E-state index contributed by atoms with van der Waals surface area (Å²) in [6.07, 6.45) is 4.64. The van der Waals surface area contributed by atoms with Crippen LogP contribution in [0.3, 0.4) is 0 Å². The zero-order valence-corrected chi connectivity index (χ0v) is 8.97. The van der Waals surface area contributed by atoms with Crippen LogP contribution >= 0.6 is 0 Å². The summed E-state index contributed by atoms with van der Waals surface area (Å²) in [5, 5.41) is 9.54. The maximum atomic E-state index is 12.0. The lowest BCUT2D eigenvalue weighted by atomic mass is 10.1. The first-order chi connectivity index (χ1) is 7.68. The molecule has 0 unspecified atom stereocenters. The highest BCUT2D eigenvalue weighted by Crippen LogP contribution is 2.18. The maximum absolute atomic E-state index is 12.0. The molecule has 0 bridgehead atoms. The first-order valence-corrected chi connectivity index (χ1v) is 5.36. The summed E-state index contributed by atoms with van der Waals surface area (Å²) in [7, 11) is 0. The van der Waals surface area contributed by atoms with Gasteiger partial charge >= 0.3 is 0 Å². The molecule has 1 fully saturated rings. The number of piperidine rings is 1. The van der Waals surface area contributed by atoms with Crippen LogP contribution in [0.2, 0.25) is 0 Å². The maximum Gasteiger partial charge on any atom is 0.257 e. The highest BCUT2D eigenvalue weighted by atomic mass is 16.3. The van der Waals surface area contributed by atoms with Gasteiger partial charge in [0.15, 0.2) is 0 Å². The Morgan fingerprint density at radius 3 is 3.12 bits per heavy atom. The van der Waals surface area contributed by atoms with E-state index in [1.165, 1.54) is 18.5 Å². The van der Waals surface area contributed by atoms with Crippen LogP contribution < -0.4 is 5.73 Å². The van der Waals surface area contributed by atoms with Crippen LogP contribution in [0.5, 0.6) is 5.75 Å². The monoisotopic (exact) mass is 221 g/mol. The van der Waals surface area contributed by atoms with Crippen molar-refractivity contribution >= 4 is 5.91 Å². The number of hydrogen-bond donors (Lipinski definition) is 2. The van der Waals surface area contributed by atoms with Crippen molar-refractivity contribution in [1.82, 2.24) is 9.88 Å². The van der Waals surface area contributed by atoms with Crippen molar-refractivity contribution < 1.29 is 9.90 Å². The van der Waals surface area contributed by atoms with Gasteiger partial charge in [-0.2, -0.15) is 0 Å². The Morgan fingerprint density at radius 2 is 2.44 bits per heavy atom. The topological polar surface area (TPSA) is 79.5 Å². The van der Waals surface area contributed by atoms with Crippen LogP contribution in [0.1, 0.15) is 23.2 Å². The molecule has 0 saturated carbocycles. The average Bonchev–Trinajstić information content (AvgIpc) is 2.29. The Morgan fingerprint density at radius 1 is 1.62 bits per heavy atom. The van der Waals surface area contributed by atoms with Gasteiger partial charge in [-0.15, -0.1) is 0 Å². The van der Waals surface area contributed by atoms with Gasteiger partial charge in [0.2, 0.25) is 0 Å². The molecule has 2 heterocycles. The van der Waals surface area contributed by atoms with Crippen molar-refractivity contribution in [2.75, 3.05) is 13.1 Å². The molecule has 16 heavy (non-hydrogen) atoms. The quantitative estimate of drug-likeness (QED) is 0.717. The van der Waals surface area contributed by atoms with E-state index < -0.39 is 0 Å². The summed E-state index contributed by atoms with van der Waals surface area (Å²) >= 11 is 0. The van der Waals surface area contributed by atoms with Gasteiger partial charge < -0.3 is 15.7 Å². The van der Waals surface area contributed by atoms with Crippen LogP contribution in [-0.4, -0.2) is 40.0 Å². The van der Waals surface area contributed by atoms with Crippen molar-refractivity contribution in [2.24, 2.45) is 5.73 Å². The number of carbonyl (C=O) groups is 1. The zero-order valence-electron chi connectivity index (χ0n) is 8.97. The normalized spacial score (nSPS) is 20.8. The highest BCUT2D eigenvalue weighted by molar-refractivity contribution is 5.96. The van der Waals surface area contributed by atoms with Gasteiger partial charge in [-0.3, -0.25) is 9.78 Å². The molecule has 1 atom stereocenters. The number of nitrogens with two attached hydrogens (primary N) is 1. The standard InChI is InChI=1S/C11H15N3O2/c12-8-2-1-5-14(7-8)11(16)9-3-4-13-6-10(9)15/h3-4,6,8,15H,1-2,5,7,12H2/t8-/m1/s1. The third-order valence-corrected chi connectivity index (χ3v) is 2.78. The fraction of sp³-hybridized carbons (Fsp3) is 0.455. The summed E-state index contributed by atoms with van der Waals surface area (Å²) in [6, 6.07) is 1.57. The second-order valence-electron chi connectivity index (χ2n) is 4.05. The molecule has 1 aliphatic rings. The second kappa shape index (κ2) is 4.49. The number of aromatic nitrogens is 1. The Kier molecular flexibility index (Phi) is 3.05. The summed E-state index contributed by atoms with van der Waals surface area (Å²) in [5.41, 5.74) is 6.11. The molecular weight excluding hydrogens is 206 g/mol. The van der Waals surface area contributed by atoms with Gasteiger partial charge in [-0.05, 0) is 18.9 Å². The molecule has 1 aliphatic heterocycles. The smallest absolute Gasteiger partial charge is 0.257 e. The second-order valence-corrected chi connectivity index (χ2v) is 4.05. The summed E-state index contributed by atoms with van der Waals surface area (Å²) < 4.78 is 0. The largest absolute Gasteiger partial charge is 0.505 e. The van der Waals surface area contributed by atoms with Gasteiger partial charge in [0.05, 0.1) is 11.8 Å². The molecule has 5 nitrogen and oxygen atoms in total. The lowest BCUT2D eigenvalue weighted by Crippen LogP contribution is -2.45. The van der Waals surface area contributed by atoms with Crippen molar-refractivity contribution in [1.29, 1.82) is 0 Å². The van der Waals surface area contributed by atoms with Gasteiger partial charge in [0, 0.05) is 25.3 Å². The Bertz CT molecular complexity index is 395. The molecule has 1 amide bonds. The fourth-order valence-electron chi connectivity index (χ4n) is 1.93. The van der Waals surface area contributed by atoms with E-state index in [1.54, 1.807) is 4.90 Å². The summed E-state index contributed by atoms with van der Waals surface area (Å²) in [4.78, 5) is 17.5. The van der Waals surface area contributed by atoms with E-state index in [9.17, 15) is 9.90 Å². The minimum absolute atomic E-state index is 0.0432. The molecule has 3 N–H and O–H groups in total. The summed E-state index contributed by atoms with van der Waals surface area (Å²) in [5.74, 6) is -0.248. The molecule has 0 radical (unpaired) electrons. The number of carbonyl (C=O) groups excluding carboxylic acids is 1. The minimum atomic E-state index is -0.171. The van der Waals surface area contributed by atoms with E-state index in [2.05, 4.69) is 4.98 Å². The van der Waals surface area contributed by atoms with Crippen molar-refractivity contribution in [3.63, 3.8) is 0 Å². The molecular formula is C11H15N3O2. The Labute approximate surface area is 93.9 Å². The van der Waals surface area contributed by atoms with Crippen LogP contribution in [0.25, 0.3) is 0 Å². The molecule has 0 aliphatic carbocycles. The predicted molar refractivity (Wildman–Crippen MR) is 59.0 cm³/mol. The third kappa shape index (κ3) is 2.14. The first kappa shape index (κ1) is 10.9. The van der Waals surface area contributed by atoms with Crippen molar-refractivity contribution in [2.45, 2.75) is 18.9 Å². The number of pyridine rings is 1. The number of aromatic hydroxyl groups is 1. The lowest BCUT2D eigenvalue weighted by molar-refractivity contribution is 0.0705. The Hall–Kier alpha value is -1.62. The molecule has 0 aromatic carbocycles. The molecule has 86 valence electrons. The molecule has 5 heteroatoms. The third-order valence-electron chi connectivity index (χ3n) is 2.78. The fourth-order valence-corrected chi connectivity index (χ4v) is 1.93. The van der Waals surface area contributed by atoms with E-state index in [0.29, 0.717) is 18.7 Å². The SMILES string of the molecule is N[C@@H]1CCCN(C(=O)c2ccncc2O)C1. The van der Waals surface area contributed by atoms with E-state index in [1.807, 2.05) is 0 Å². The van der Waals surface area contributed by atoms with Gasteiger partial charge in [0.1, 0.15) is 5.75 Å². The number of hydrogen-bond acceptors (Lipinski definition) is 4. The molecule has 1 aromatic rings. The van der Waals surface area contributed by atoms with Gasteiger partial charge in [-0.25, -0.2) is 0 Å². The number of rotatable bonds is 1. The van der Waals surface area contributed by atoms with E-state index in [-0.39, 0.29) is 17.7 Å². The predicted octanol–water partition coefficient (Wildman–Crippen LogP) is 0.350. The van der Waals surface area contributed by atoms with Crippen LogP contribution in [-0.2, 0) is 0 Å². The van der Waals surface area contributed by atoms with Gasteiger partial charge in [0.25, 0.3) is 5.91 Å². The first-order valence-electron chi connectivity index (χ1n) is 5.36. The van der Waals surface area contributed by atoms with Crippen molar-refractivity contribution in [3.8, 4) is 5.75 Å².